The number of hydrogen-bond acceptors (Lipinski definition) is 4. The highest BCUT2D eigenvalue weighted by atomic mass is 19.4. The minimum atomic E-state index is -4.41. The van der Waals surface area contributed by atoms with Crippen molar-refractivity contribution in [2.24, 2.45) is 0 Å². The maximum atomic E-state index is 13.4. The topological polar surface area (TPSA) is 49.2 Å². The SMILES string of the molecule is C[C@@H]1C[C@H](n2c([C@H]3CCOC3)nc3cnc4ccc(C(F)(F)F)cc4c32)CCO1. The predicted molar refractivity (Wildman–Crippen MR) is 102 cm³/mol. The molecule has 0 unspecified atom stereocenters. The molecular weight excluding hydrogens is 383 g/mol. The number of ether oxygens (including phenoxy) is 2. The van der Waals surface area contributed by atoms with Gasteiger partial charge in [0.05, 0.1) is 35.5 Å². The van der Waals surface area contributed by atoms with Gasteiger partial charge in [-0.25, -0.2) is 4.98 Å². The van der Waals surface area contributed by atoms with Crippen molar-refractivity contribution >= 4 is 21.9 Å². The van der Waals surface area contributed by atoms with Crippen LogP contribution in [0.25, 0.3) is 21.9 Å². The lowest BCUT2D eigenvalue weighted by molar-refractivity contribution is -0.137. The number of hydrogen-bond donors (Lipinski definition) is 0. The number of aromatic nitrogens is 3. The van der Waals surface area contributed by atoms with Crippen molar-refractivity contribution < 1.29 is 22.6 Å². The van der Waals surface area contributed by atoms with Crippen molar-refractivity contribution in [2.45, 2.75) is 50.4 Å². The van der Waals surface area contributed by atoms with Crippen LogP contribution in [0.3, 0.4) is 0 Å². The number of nitrogens with zero attached hydrogens (tertiary/aromatic N) is 3. The quantitative estimate of drug-likeness (QED) is 0.612. The highest BCUT2D eigenvalue weighted by Crippen LogP contribution is 2.39. The number of benzene rings is 1. The second-order valence-corrected chi connectivity index (χ2v) is 7.98. The van der Waals surface area contributed by atoms with E-state index in [1.54, 1.807) is 6.20 Å². The van der Waals surface area contributed by atoms with Crippen LogP contribution in [0, 0.1) is 0 Å². The average molecular weight is 405 g/mol. The first-order valence-corrected chi connectivity index (χ1v) is 9.99. The van der Waals surface area contributed by atoms with Gasteiger partial charge in [0.25, 0.3) is 0 Å². The minimum Gasteiger partial charge on any atom is -0.381 e. The number of rotatable bonds is 2. The molecule has 2 fully saturated rings. The second kappa shape index (κ2) is 6.95. The number of pyridine rings is 1. The van der Waals surface area contributed by atoms with Crippen LogP contribution >= 0.6 is 0 Å². The first-order valence-electron chi connectivity index (χ1n) is 9.99. The molecule has 4 heterocycles. The lowest BCUT2D eigenvalue weighted by Gasteiger charge is -2.31. The molecule has 2 saturated heterocycles. The second-order valence-electron chi connectivity index (χ2n) is 7.98. The van der Waals surface area contributed by atoms with Gasteiger partial charge in [0.2, 0.25) is 0 Å². The Bertz CT molecular complexity index is 1060. The van der Waals surface area contributed by atoms with Crippen LogP contribution in [0.15, 0.2) is 24.4 Å². The van der Waals surface area contributed by atoms with Crippen LogP contribution in [-0.4, -0.2) is 40.5 Å². The minimum absolute atomic E-state index is 0.0951. The van der Waals surface area contributed by atoms with E-state index >= 15 is 0 Å². The van der Waals surface area contributed by atoms with Crippen LogP contribution in [0.1, 0.15) is 49.5 Å². The van der Waals surface area contributed by atoms with Gasteiger partial charge in [0.15, 0.2) is 0 Å². The Labute approximate surface area is 165 Å². The molecule has 2 aliphatic rings. The van der Waals surface area contributed by atoms with Gasteiger partial charge in [-0.15, -0.1) is 0 Å². The lowest BCUT2D eigenvalue weighted by atomic mass is 10.0. The monoisotopic (exact) mass is 405 g/mol. The molecule has 8 heteroatoms. The van der Waals surface area contributed by atoms with Gasteiger partial charge in [0.1, 0.15) is 11.3 Å². The van der Waals surface area contributed by atoms with Crippen molar-refractivity contribution in [1.82, 2.24) is 14.5 Å². The van der Waals surface area contributed by atoms with Crippen LogP contribution < -0.4 is 0 Å². The Balaban J connectivity index is 1.78. The van der Waals surface area contributed by atoms with Gasteiger partial charge in [0, 0.05) is 30.6 Å². The molecule has 0 amide bonds. The van der Waals surface area contributed by atoms with Gasteiger partial charge in [-0.2, -0.15) is 13.2 Å². The first-order chi connectivity index (χ1) is 13.9. The zero-order valence-corrected chi connectivity index (χ0v) is 16.1. The maximum Gasteiger partial charge on any atom is 0.416 e. The van der Waals surface area contributed by atoms with Gasteiger partial charge < -0.3 is 14.0 Å². The lowest BCUT2D eigenvalue weighted by Crippen LogP contribution is -2.27. The van der Waals surface area contributed by atoms with E-state index in [1.807, 2.05) is 6.92 Å². The maximum absolute atomic E-state index is 13.4. The summed E-state index contributed by atoms with van der Waals surface area (Å²) in [7, 11) is 0. The third-order valence-corrected chi connectivity index (χ3v) is 5.99. The van der Waals surface area contributed by atoms with Gasteiger partial charge in [-0.05, 0) is 44.4 Å². The fourth-order valence-electron chi connectivity index (χ4n) is 4.58. The van der Waals surface area contributed by atoms with Crippen molar-refractivity contribution in [3.8, 4) is 0 Å². The van der Waals surface area contributed by atoms with E-state index in [-0.39, 0.29) is 18.1 Å². The molecule has 0 saturated carbocycles. The van der Waals surface area contributed by atoms with Crippen molar-refractivity contribution in [3.05, 3.63) is 35.8 Å². The summed E-state index contributed by atoms with van der Waals surface area (Å²) in [5.41, 5.74) is 1.25. The van der Waals surface area contributed by atoms with Crippen molar-refractivity contribution in [3.63, 3.8) is 0 Å². The van der Waals surface area contributed by atoms with Crippen molar-refractivity contribution in [2.75, 3.05) is 19.8 Å². The molecular formula is C21H22F3N3O2. The van der Waals surface area contributed by atoms with E-state index in [2.05, 4.69) is 9.55 Å². The Morgan fingerprint density at radius 1 is 1.14 bits per heavy atom. The molecule has 154 valence electrons. The molecule has 3 aromatic rings. The first kappa shape index (κ1) is 18.8. The van der Waals surface area contributed by atoms with Crippen LogP contribution in [0.2, 0.25) is 0 Å². The zero-order valence-electron chi connectivity index (χ0n) is 16.1. The van der Waals surface area contributed by atoms with Crippen LogP contribution in [0.5, 0.6) is 0 Å². The summed E-state index contributed by atoms with van der Waals surface area (Å²) in [5, 5.41) is 0.495. The summed E-state index contributed by atoms with van der Waals surface area (Å²) in [5.74, 6) is 1.03. The van der Waals surface area contributed by atoms with Crippen LogP contribution in [-0.2, 0) is 15.7 Å². The summed E-state index contributed by atoms with van der Waals surface area (Å²) < 4.78 is 53.7. The number of alkyl halides is 3. The summed E-state index contributed by atoms with van der Waals surface area (Å²) in [6.45, 7) is 3.92. The van der Waals surface area contributed by atoms with Crippen LogP contribution in [0.4, 0.5) is 13.2 Å². The molecule has 0 aliphatic carbocycles. The fourth-order valence-corrected chi connectivity index (χ4v) is 4.58. The van der Waals surface area contributed by atoms with Gasteiger partial charge in [-0.3, -0.25) is 4.98 Å². The molecule has 1 aromatic carbocycles. The highest BCUT2D eigenvalue weighted by molar-refractivity contribution is 6.02. The van der Waals surface area contributed by atoms with E-state index in [1.165, 1.54) is 12.1 Å². The van der Waals surface area contributed by atoms with E-state index < -0.39 is 11.7 Å². The zero-order chi connectivity index (χ0) is 20.2. The van der Waals surface area contributed by atoms with E-state index in [0.29, 0.717) is 36.2 Å². The van der Waals surface area contributed by atoms with Gasteiger partial charge >= 0.3 is 6.18 Å². The van der Waals surface area contributed by atoms with E-state index in [9.17, 15) is 13.2 Å². The van der Waals surface area contributed by atoms with Crippen molar-refractivity contribution in [1.29, 1.82) is 0 Å². The predicted octanol–water partition coefficient (Wildman–Crippen LogP) is 4.85. The molecule has 0 N–H and O–H groups in total. The summed E-state index contributed by atoms with van der Waals surface area (Å²) in [6, 6.07) is 3.87. The normalized spacial score (nSPS) is 25.9. The molecule has 0 radical (unpaired) electrons. The molecule has 0 bridgehead atoms. The third-order valence-electron chi connectivity index (χ3n) is 5.99. The molecule has 3 atom stereocenters. The smallest absolute Gasteiger partial charge is 0.381 e. The fraction of sp³-hybridized carbons (Fsp3) is 0.524. The summed E-state index contributed by atoms with van der Waals surface area (Å²) >= 11 is 0. The van der Waals surface area contributed by atoms with E-state index in [0.717, 1.165) is 36.7 Å². The number of fused-ring (bicyclic) bond motifs is 3. The summed E-state index contributed by atoms with van der Waals surface area (Å²) in [4.78, 5) is 9.21. The largest absolute Gasteiger partial charge is 0.416 e. The number of imidazole rings is 1. The molecule has 5 nitrogen and oxygen atoms in total. The third kappa shape index (κ3) is 3.28. The van der Waals surface area contributed by atoms with Gasteiger partial charge in [-0.1, -0.05) is 0 Å². The Hall–Kier alpha value is -2.19. The molecule has 29 heavy (non-hydrogen) atoms. The molecule has 2 aliphatic heterocycles. The molecule has 5 rings (SSSR count). The summed E-state index contributed by atoms with van der Waals surface area (Å²) in [6.07, 6.45) is -0.174. The van der Waals surface area contributed by atoms with E-state index in [4.69, 9.17) is 14.5 Å². The Morgan fingerprint density at radius 3 is 2.72 bits per heavy atom. The number of halogens is 3. The Kier molecular flexibility index (Phi) is 4.51. The standard InChI is InChI=1S/C21H22F3N3O2/c1-12-8-15(5-7-29-12)27-19-16-9-14(21(22,23)24)2-3-17(16)25-10-18(19)26-20(27)13-4-6-28-11-13/h2-3,9-10,12-13,15H,4-8,11H2,1H3/t12-,13+,15-/m1/s1. The molecule has 0 spiro atoms. The Morgan fingerprint density at radius 2 is 2.00 bits per heavy atom. The highest BCUT2D eigenvalue weighted by Gasteiger charge is 2.33. The average Bonchev–Trinajstić information content (AvgIpc) is 3.34. The molecule has 2 aromatic heterocycles.